The number of hydrogen-bond acceptors (Lipinski definition) is 3. The van der Waals surface area contributed by atoms with E-state index < -0.39 is 35.2 Å². The van der Waals surface area contributed by atoms with Gasteiger partial charge < -0.3 is 19.1 Å². The number of aliphatic hydroxyl groups is 1. The van der Waals surface area contributed by atoms with Crippen molar-refractivity contribution in [1.29, 1.82) is 0 Å². The number of benzene rings is 1. The van der Waals surface area contributed by atoms with Crippen molar-refractivity contribution >= 4 is 16.8 Å². The van der Waals surface area contributed by atoms with Gasteiger partial charge in [-0.1, -0.05) is 6.07 Å². The van der Waals surface area contributed by atoms with Crippen molar-refractivity contribution in [3.8, 4) is 11.1 Å². The SMILES string of the molecule is O=C(Cn1ccc2c(c(-c3ccc(F)c(C(F)(F)F)c3)cn2CCO)c1=O)N1CCC(F)C1. The molecule has 1 saturated heterocycles. The van der Waals surface area contributed by atoms with E-state index in [4.69, 9.17) is 0 Å². The predicted molar refractivity (Wildman–Crippen MR) is 110 cm³/mol. The van der Waals surface area contributed by atoms with Gasteiger partial charge in [0.15, 0.2) is 0 Å². The Labute approximate surface area is 184 Å². The number of fused-ring (bicyclic) bond motifs is 1. The Morgan fingerprint density at radius 2 is 1.94 bits per heavy atom. The molecule has 1 aliphatic heterocycles. The fraction of sp³-hybridized carbons (Fsp3) is 0.364. The Morgan fingerprint density at radius 1 is 1.18 bits per heavy atom. The summed E-state index contributed by atoms with van der Waals surface area (Å²) in [5.74, 6) is -1.89. The van der Waals surface area contributed by atoms with Gasteiger partial charge in [-0.15, -0.1) is 0 Å². The maximum Gasteiger partial charge on any atom is 0.419 e. The first-order valence-corrected chi connectivity index (χ1v) is 10.2. The monoisotopic (exact) mass is 469 g/mol. The molecule has 33 heavy (non-hydrogen) atoms. The van der Waals surface area contributed by atoms with Crippen LogP contribution in [0, 0.1) is 5.82 Å². The van der Waals surface area contributed by atoms with E-state index in [-0.39, 0.29) is 55.7 Å². The van der Waals surface area contributed by atoms with E-state index >= 15 is 0 Å². The van der Waals surface area contributed by atoms with Crippen molar-refractivity contribution in [1.82, 2.24) is 14.0 Å². The molecule has 3 aromatic rings. The van der Waals surface area contributed by atoms with Crippen LogP contribution in [0.2, 0.25) is 0 Å². The summed E-state index contributed by atoms with van der Waals surface area (Å²) in [4.78, 5) is 27.1. The van der Waals surface area contributed by atoms with E-state index in [1.165, 1.54) is 27.9 Å². The number of pyridine rings is 1. The smallest absolute Gasteiger partial charge is 0.395 e. The average Bonchev–Trinajstić information content (AvgIpc) is 3.34. The standard InChI is InChI=1S/C22H20F5N3O3/c23-14-3-5-29(10-14)19(32)12-30-6-4-18-20(21(30)33)15(11-28(18)7-8-31)13-1-2-17(24)16(9-13)22(25,26)27/h1-2,4,6,9,11,14,31H,3,5,7-8,10,12H2. The average molecular weight is 469 g/mol. The van der Waals surface area contributed by atoms with Crippen molar-refractivity contribution in [2.45, 2.75) is 31.9 Å². The molecule has 1 atom stereocenters. The molecule has 0 bridgehead atoms. The van der Waals surface area contributed by atoms with Crippen LogP contribution in [0.1, 0.15) is 12.0 Å². The van der Waals surface area contributed by atoms with Gasteiger partial charge in [-0.25, -0.2) is 8.78 Å². The molecular formula is C22H20F5N3O3. The summed E-state index contributed by atoms with van der Waals surface area (Å²) < 4.78 is 69.5. The third-order valence-corrected chi connectivity index (χ3v) is 5.72. The van der Waals surface area contributed by atoms with Crippen molar-refractivity contribution < 1.29 is 31.9 Å². The fourth-order valence-corrected chi connectivity index (χ4v) is 4.08. The highest BCUT2D eigenvalue weighted by molar-refractivity contribution is 5.95. The summed E-state index contributed by atoms with van der Waals surface area (Å²) in [5.41, 5.74) is -1.69. The van der Waals surface area contributed by atoms with Gasteiger partial charge in [-0.05, 0) is 30.2 Å². The van der Waals surface area contributed by atoms with E-state index in [2.05, 4.69) is 0 Å². The maximum absolute atomic E-state index is 13.8. The van der Waals surface area contributed by atoms with Crippen molar-refractivity contribution in [2.24, 2.45) is 0 Å². The second kappa shape index (κ2) is 8.62. The molecule has 2 aromatic heterocycles. The molecule has 0 radical (unpaired) electrons. The quantitative estimate of drug-likeness (QED) is 0.584. The van der Waals surface area contributed by atoms with Crippen molar-refractivity contribution in [3.63, 3.8) is 0 Å². The summed E-state index contributed by atoms with van der Waals surface area (Å²) in [6, 6.07) is 3.95. The lowest BCUT2D eigenvalue weighted by molar-refractivity contribution is -0.140. The Kier molecular flexibility index (Phi) is 6.00. The number of likely N-dealkylation sites (tertiary alicyclic amines) is 1. The minimum Gasteiger partial charge on any atom is -0.395 e. The minimum absolute atomic E-state index is 0.0308. The topological polar surface area (TPSA) is 67.5 Å². The van der Waals surface area contributed by atoms with Gasteiger partial charge >= 0.3 is 6.18 Å². The molecule has 176 valence electrons. The van der Waals surface area contributed by atoms with E-state index in [9.17, 15) is 36.6 Å². The van der Waals surface area contributed by atoms with Gasteiger partial charge in [0, 0.05) is 31.0 Å². The van der Waals surface area contributed by atoms with Crippen molar-refractivity contribution in [3.05, 3.63) is 58.4 Å². The van der Waals surface area contributed by atoms with Crippen LogP contribution in [-0.2, 0) is 24.1 Å². The number of aliphatic hydroxyl groups excluding tert-OH is 1. The number of alkyl halides is 4. The van der Waals surface area contributed by atoms with E-state index in [1.807, 2.05) is 0 Å². The van der Waals surface area contributed by atoms with Crippen LogP contribution < -0.4 is 5.56 Å². The highest BCUT2D eigenvalue weighted by atomic mass is 19.4. The zero-order valence-electron chi connectivity index (χ0n) is 17.3. The van der Waals surface area contributed by atoms with Crippen LogP contribution in [0.15, 0.2) is 41.5 Å². The van der Waals surface area contributed by atoms with Crippen LogP contribution in [0.3, 0.4) is 0 Å². The largest absolute Gasteiger partial charge is 0.419 e. The van der Waals surface area contributed by atoms with E-state index in [1.54, 1.807) is 0 Å². The van der Waals surface area contributed by atoms with Crippen LogP contribution in [-0.4, -0.2) is 50.9 Å². The maximum atomic E-state index is 13.8. The molecule has 4 rings (SSSR count). The normalized spacial score (nSPS) is 16.7. The lowest BCUT2D eigenvalue weighted by Crippen LogP contribution is -2.35. The lowest BCUT2D eigenvalue weighted by Gasteiger charge is -2.16. The summed E-state index contributed by atoms with van der Waals surface area (Å²) in [6.45, 7) is -0.392. The van der Waals surface area contributed by atoms with E-state index in [0.717, 1.165) is 10.6 Å². The van der Waals surface area contributed by atoms with Crippen LogP contribution >= 0.6 is 0 Å². The Hall–Kier alpha value is -3.21. The number of rotatable bonds is 5. The first-order chi connectivity index (χ1) is 15.6. The third-order valence-electron chi connectivity index (χ3n) is 5.72. The number of halogens is 5. The van der Waals surface area contributed by atoms with Gasteiger partial charge in [-0.3, -0.25) is 9.59 Å². The van der Waals surface area contributed by atoms with Crippen molar-refractivity contribution in [2.75, 3.05) is 19.7 Å². The number of amides is 1. The van der Waals surface area contributed by atoms with Gasteiger partial charge in [0.25, 0.3) is 5.56 Å². The molecule has 0 spiro atoms. The molecule has 0 aliphatic carbocycles. The molecule has 1 aliphatic rings. The predicted octanol–water partition coefficient (Wildman–Crippen LogP) is 3.19. The molecule has 1 aromatic carbocycles. The Bertz CT molecular complexity index is 1260. The second-order valence-electron chi connectivity index (χ2n) is 7.89. The third kappa shape index (κ3) is 4.37. The molecular weight excluding hydrogens is 449 g/mol. The van der Waals surface area contributed by atoms with Gasteiger partial charge in [0.05, 0.1) is 29.6 Å². The molecule has 6 nitrogen and oxygen atoms in total. The summed E-state index contributed by atoms with van der Waals surface area (Å²) >= 11 is 0. The number of hydrogen-bond donors (Lipinski definition) is 1. The summed E-state index contributed by atoms with van der Waals surface area (Å²) in [6.07, 6.45) is -3.04. The summed E-state index contributed by atoms with van der Waals surface area (Å²) in [5, 5.41) is 9.38. The number of aromatic nitrogens is 2. The van der Waals surface area contributed by atoms with Gasteiger partial charge in [0.2, 0.25) is 5.91 Å². The molecule has 1 N–H and O–H groups in total. The number of carbonyl (C=O) groups is 1. The molecule has 0 saturated carbocycles. The van der Waals surface area contributed by atoms with Gasteiger partial charge in [-0.2, -0.15) is 13.2 Å². The van der Waals surface area contributed by atoms with Gasteiger partial charge in [0.1, 0.15) is 18.5 Å². The summed E-state index contributed by atoms with van der Waals surface area (Å²) in [7, 11) is 0. The molecule has 1 amide bonds. The Morgan fingerprint density at radius 3 is 2.58 bits per heavy atom. The van der Waals surface area contributed by atoms with Crippen LogP contribution in [0.5, 0.6) is 0 Å². The first-order valence-electron chi connectivity index (χ1n) is 10.2. The highest BCUT2D eigenvalue weighted by Gasteiger charge is 2.34. The minimum atomic E-state index is -4.93. The second-order valence-corrected chi connectivity index (χ2v) is 7.89. The highest BCUT2D eigenvalue weighted by Crippen LogP contribution is 2.36. The lowest BCUT2D eigenvalue weighted by atomic mass is 10.0. The van der Waals surface area contributed by atoms with Crippen LogP contribution in [0.4, 0.5) is 22.0 Å². The fourth-order valence-electron chi connectivity index (χ4n) is 4.08. The molecule has 1 fully saturated rings. The van der Waals surface area contributed by atoms with Crippen LogP contribution in [0.25, 0.3) is 22.0 Å². The first kappa shape index (κ1) is 23.0. The molecule has 3 heterocycles. The zero-order valence-corrected chi connectivity index (χ0v) is 17.3. The molecule has 1 unspecified atom stereocenters. The number of carbonyl (C=O) groups excluding carboxylic acids is 1. The molecule has 11 heteroatoms. The Balaban J connectivity index is 1.82. The zero-order chi connectivity index (χ0) is 23.9. The number of nitrogens with zero attached hydrogens (tertiary/aromatic N) is 3. The van der Waals surface area contributed by atoms with E-state index in [0.29, 0.717) is 17.6 Å².